The van der Waals surface area contributed by atoms with Crippen LogP contribution in [0.4, 0.5) is 10.7 Å². The number of fused-ring (bicyclic) bond motifs is 1. The molecular formula is C30H38ClN5O3. The topological polar surface area (TPSA) is 88.5 Å². The van der Waals surface area contributed by atoms with Crippen LogP contribution in [0.25, 0.3) is 11.0 Å². The van der Waals surface area contributed by atoms with Crippen LogP contribution in [0.15, 0.2) is 55.1 Å². The third-order valence-corrected chi connectivity index (χ3v) is 7.59. The summed E-state index contributed by atoms with van der Waals surface area (Å²) in [6.07, 6.45) is 3.37. The number of imidazole rings is 1. The minimum absolute atomic E-state index is 0.0780. The van der Waals surface area contributed by atoms with Gasteiger partial charge < -0.3 is 19.5 Å². The second kappa shape index (κ2) is 12.2. The van der Waals surface area contributed by atoms with Gasteiger partial charge in [0.2, 0.25) is 5.95 Å². The number of carbonyl (C=O) groups excluding carboxylic acids is 2. The number of halogens is 1. The summed E-state index contributed by atoms with van der Waals surface area (Å²) < 4.78 is 7.47. The van der Waals surface area contributed by atoms with Crippen molar-refractivity contribution in [3.63, 3.8) is 0 Å². The standard InChI is InChI=1S/C30H38ClN5O3/c1-6-16-39-29(38)35(20(2)30(3,4)5)18-21-9-14-26-25(17-21)33-28(36(26)19-24-8-7-15-32-24)34-27(37)22-10-12-23(31)13-11-22/h6,9-14,17,20,24,32H,1,7-8,15-16,18-19H2,2-5H3,(H,33,34,37)/t20-,24?/m0/s1. The van der Waals surface area contributed by atoms with Gasteiger partial charge in [0.05, 0.1) is 11.0 Å². The van der Waals surface area contributed by atoms with E-state index >= 15 is 0 Å². The molecular weight excluding hydrogens is 514 g/mol. The summed E-state index contributed by atoms with van der Waals surface area (Å²) in [4.78, 5) is 32.6. The van der Waals surface area contributed by atoms with E-state index in [1.54, 1.807) is 35.2 Å². The summed E-state index contributed by atoms with van der Waals surface area (Å²) in [5.41, 5.74) is 2.95. The molecule has 1 aliphatic heterocycles. The van der Waals surface area contributed by atoms with Crippen LogP contribution in [0.3, 0.4) is 0 Å². The molecule has 2 heterocycles. The lowest BCUT2D eigenvalue weighted by molar-refractivity contribution is 0.0647. The largest absolute Gasteiger partial charge is 0.445 e. The van der Waals surface area contributed by atoms with Gasteiger partial charge in [-0.05, 0) is 73.7 Å². The van der Waals surface area contributed by atoms with Crippen LogP contribution in [0, 0.1) is 5.41 Å². The van der Waals surface area contributed by atoms with E-state index in [9.17, 15) is 9.59 Å². The number of hydrogen-bond donors (Lipinski definition) is 2. The fourth-order valence-electron chi connectivity index (χ4n) is 4.70. The lowest BCUT2D eigenvalue weighted by Crippen LogP contribution is -2.45. The number of anilines is 1. The highest BCUT2D eigenvalue weighted by molar-refractivity contribution is 6.30. The van der Waals surface area contributed by atoms with Crippen molar-refractivity contribution in [1.29, 1.82) is 0 Å². The number of amides is 2. The predicted octanol–water partition coefficient (Wildman–Crippen LogP) is 6.25. The van der Waals surface area contributed by atoms with Gasteiger partial charge in [0.1, 0.15) is 6.61 Å². The van der Waals surface area contributed by atoms with Crippen LogP contribution < -0.4 is 10.6 Å². The maximum absolute atomic E-state index is 13.0. The number of benzene rings is 2. The van der Waals surface area contributed by atoms with Crippen LogP contribution in [0.5, 0.6) is 0 Å². The zero-order valence-corrected chi connectivity index (χ0v) is 23.9. The summed E-state index contributed by atoms with van der Waals surface area (Å²) in [6.45, 7) is 14.2. The summed E-state index contributed by atoms with van der Waals surface area (Å²) in [5, 5.41) is 7.10. The summed E-state index contributed by atoms with van der Waals surface area (Å²) >= 11 is 6.00. The van der Waals surface area contributed by atoms with Crippen LogP contribution in [-0.2, 0) is 17.8 Å². The monoisotopic (exact) mass is 551 g/mol. The Morgan fingerprint density at radius 2 is 2.03 bits per heavy atom. The lowest BCUT2D eigenvalue weighted by atomic mass is 9.87. The molecule has 0 saturated carbocycles. The Morgan fingerprint density at radius 1 is 1.28 bits per heavy atom. The molecule has 1 saturated heterocycles. The molecule has 0 radical (unpaired) electrons. The van der Waals surface area contributed by atoms with E-state index in [0.29, 0.717) is 35.7 Å². The van der Waals surface area contributed by atoms with Gasteiger partial charge >= 0.3 is 6.09 Å². The van der Waals surface area contributed by atoms with Gasteiger partial charge in [0.25, 0.3) is 5.91 Å². The van der Waals surface area contributed by atoms with Gasteiger partial charge in [-0.15, -0.1) is 0 Å². The van der Waals surface area contributed by atoms with Gasteiger partial charge in [-0.1, -0.05) is 51.1 Å². The summed E-state index contributed by atoms with van der Waals surface area (Å²) in [5.74, 6) is 0.235. The molecule has 1 unspecified atom stereocenters. The average molecular weight is 552 g/mol. The number of ether oxygens (including phenoxy) is 1. The summed E-state index contributed by atoms with van der Waals surface area (Å²) in [7, 11) is 0. The molecule has 8 nitrogen and oxygen atoms in total. The highest BCUT2D eigenvalue weighted by atomic mass is 35.5. The van der Waals surface area contributed by atoms with E-state index in [0.717, 1.165) is 36.0 Å². The smallest absolute Gasteiger partial charge is 0.410 e. The van der Waals surface area contributed by atoms with Crippen LogP contribution in [0.2, 0.25) is 5.02 Å². The highest BCUT2D eigenvalue weighted by Gasteiger charge is 2.31. The fourth-order valence-corrected chi connectivity index (χ4v) is 4.82. The maximum atomic E-state index is 13.0. The van der Waals surface area contributed by atoms with E-state index in [2.05, 4.69) is 42.6 Å². The molecule has 1 aromatic heterocycles. The Bertz CT molecular complexity index is 1320. The number of hydrogen-bond acceptors (Lipinski definition) is 5. The average Bonchev–Trinajstić information content (AvgIpc) is 3.53. The van der Waals surface area contributed by atoms with E-state index in [4.69, 9.17) is 21.3 Å². The number of carbonyl (C=O) groups is 2. The van der Waals surface area contributed by atoms with Crippen LogP contribution >= 0.6 is 11.6 Å². The molecule has 9 heteroatoms. The normalized spacial score (nSPS) is 16.2. The van der Waals surface area contributed by atoms with Crippen molar-refractivity contribution in [3.05, 3.63) is 71.3 Å². The van der Waals surface area contributed by atoms with Crippen molar-refractivity contribution in [2.24, 2.45) is 5.41 Å². The third kappa shape index (κ3) is 6.99. The zero-order chi connectivity index (χ0) is 28.2. The first-order chi connectivity index (χ1) is 18.6. The van der Waals surface area contributed by atoms with E-state index in [1.807, 2.05) is 25.1 Å². The van der Waals surface area contributed by atoms with Gasteiger partial charge in [-0.3, -0.25) is 10.1 Å². The zero-order valence-electron chi connectivity index (χ0n) is 23.2. The van der Waals surface area contributed by atoms with E-state index in [1.165, 1.54) is 0 Å². The van der Waals surface area contributed by atoms with Crippen molar-refractivity contribution in [2.45, 2.75) is 65.7 Å². The Labute approximate surface area is 235 Å². The first-order valence-electron chi connectivity index (χ1n) is 13.4. The van der Waals surface area contributed by atoms with Crippen molar-refractivity contribution in [3.8, 4) is 0 Å². The number of rotatable bonds is 9. The quantitative estimate of drug-likeness (QED) is 0.307. The van der Waals surface area contributed by atoms with Gasteiger partial charge in [0, 0.05) is 35.8 Å². The number of aromatic nitrogens is 2. The minimum atomic E-state index is -0.383. The molecule has 39 heavy (non-hydrogen) atoms. The van der Waals surface area contributed by atoms with Crippen LogP contribution in [-0.4, -0.2) is 51.7 Å². The molecule has 1 fully saturated rings. The third-order valence-electron chi connectivity index (χ3n) is 7.34. The molecule has 2 amide bonds. The Balaban J connectivity index is 1.66. The van der Waals surface area contributed by atoms with Crippen LogP contribution in [0.1, 0.15) is 56.5 Å². The van der Waals surface area contributed by atoms with E-state index in [-0.39, 0.29) is 30.1 Å². The lowest BCUT2D eigenvalue weighted by Gasteiger charge is -2.37. The molecule has 0 spiro atoms. The maximum Gasteiger partial charge on any atom is 0.410 e. The minimum Gasteiger partial charge on any atom is -0.445 e. The highest BCUT2D eigenvalue weighted by Crippen LogP contribution is 2.28. The molecule has 0 aliphatic carbocycles. The summed E-state index contributed by atoms with van der Waals surface area (Å²) in [6, 6.07) is 13.0. The molecule has 2 atom stereocenters. The first-order valence-corrected chi connectivity index (χ1v) is 13.8. The van der Waals surface area contributed by atoms with Gasteiger partial charge in [-0.2, -0.15) is 0 Å². The molecule has 4 rings (SSSR count). The Kier molecular flexibility index (Phi) is 8.97. The molecule has 2 N–H and O–H groups in total. The second-order valence-electron chi connectivity index (χ2n) is 11.2. The molecule has 3 aromatic rings. The number of nitrogens with one attached hydrogen (secondary N) is 2. The Hall–Kier alpha value is -3.36. The fraction of sp³-hybridized carbons (Fsp3) is 0.433. The second-order valence-corrected chi connectivity index (χ2v) is 11.6. The molecule has 1 aliphatic rings. The number of nitrogens with zero attached hydrogens (tertiary/aromatic N) is 3. The first kappa shape index (κ1) is 28.6. The van der Waals surface area contributed by atoms with Gasteiger partial charge in [-0.25, -0.2) is 9.78 Å². The van der Waals surface area contributed by atoms with Crippen molar-refractivity contribution in [2.75, 3.05) is 18.5 Å². The van der Waals surface area contributed by atoms with Crippen molar-refractivity contribution in [1.82, 2.24) is 19.8 Å². The molecule has 0 bridgehead atoms. The van der Waals surface area contributed by atoms with Crippen molar-refractivity contribution >= 4 is 40.6 Å². The van der Waals surface area contributed by atoms with Gasteiger partial charge in [0.15, 0.2) is 0 Å². The molecule has 2 aromatic carbocycles. The predicted molar refractivity (Wildman–Crippen MR) is 156 cm³/mol. The van der Waals surface area contributed by atoms with Crippen molar-refractivity contribution < 1.29 is 14.3 Å². The van der Waals surface area contributed by atoms with E-state index < -0.39 is 0 Å². The molecule has 208 valence electrons. The Morgan fingerprint density at radius 3 is 2.67 bits per heavy atom. The SMILES string of the molecule is C=CCOC(=O)N(Cc1ccc2c(c1)nc(NC(=O)c1ccc(Cl)cc1)n2CC1CCCN1)[C@@H](C)C(C)(C)C.